The molecule has 39 heavy (non-hydrogen) atoms. The fraction of sp³-hybridized carbons (Fsp3) is 0.500. The molecule has 1 aliphatic carbocycles. The molecule has 1 aliphatic rings. The number of halogens is 9. The minimum atomic E-state index is -5.11. The van der Waals surface area contributed by atoms with E-state index in [1.54, 1.807) is 0 Å². The Balaban J connectivity index is 1.89. The number of hydrogen-bond acceptors (Lipinski definition) is 2. The maximum atomic E-state index is 13.4. The number of ether oxygens (including phenoxy) is 1. The summed E-state index contributed by atoms with van der Waals surface area (Å²) < 4.78 is 125. The number of benzene rings is 2. The van der Waals surface area contributed by atoms with Gasteiger partial charge >= 0.3 is 24.6 Å². The van der Waals surface area contributed by atoms with Gasteiger partial charge < -0.3 is 15.4 Å². The summed E-state index contributed by atoms with van der Waals surface area (Å²) in [5, 5.41) is 0. The molecule has 2 N–H and O–H groups in total. The highest BCUT2D eigenvalue weighted by Crippen LogP contribution is 2.37. The van der Waals surface area contributed by atoms with Crippen molar-refractivity contribution in [3.8, 4) is 0 Å². The minimum Gasteiger partial charge on any atom is -0.376 e. The third kappa shape index (κ3) is 8.77. The van der Waals surface area contributed by atoms with Crippen molar-refractivity contribution in [3.63, 3.8) is 0 Å². The van der Waals surface area contributed by atoms with E-state index in [-0.39, 0.29) is 23.8 Å². The molecule has 0 radical (unpaired) electrons. The summed E-state index contributed by atoms with van der Waals surface area (Å²) in [6.07, 6.45) is -9.81. The highest BCUT2D eigenvalue weighted by molar-refractivity contribution is 5.72. The van der Waals surface area contributed by atoms with Crippen molar-refractivity contribution in [1.82, 2.24) is 4.90 Å². The first-order chi connectivity index (χ1) is 18.0. The Morgan fingerprint density at radius 1 is 0.769 bits per heavy atom. The predicted molar refractivity (Wildman–Crippen MR) is 123 cm³/mol. The third-order valence-electron chi connectivity index (χ3n) is 6.56. The van der Waals surface area contributed by atoms with Crippen molar-refractivity contribution in [2.75, 3.05) is 6.61 Å². The van der Waals surface area contributed by atoms with E-state index in [1.807, 2.05) is 0 Å². The van der Waals surface area contributed by atoms with Crippen molar-refractivity contribution in [2.24, 2.45) is 11.7 Å². The summed E-state index contributed by atoms with van der Waals surface area (Å²) in [5.74, 6) is 0.308. The number of nitrogens with two attached hydrogens (primary N) is 1. The van der Waals surface area contributed by atoms with E-state index in [0.717, 1.165) is 44.2 Å². The molecule has 0 unspecified atom stereocenters. The van der Waals surface area contributed by atoms with E-state index < -0.39 is 59.9 Å². The number of alkyl halides is 9. The van der Waals surface area contributed by atoms with Crippen LogP contribution in [0.15, 0.2) is 36.4 Å². The first-order valence-corrected chi connectivity index (χ1v) is 12.1. The van der Waals surface area contributed by atoms with Gasteiger partial charge in [-0.15, -0.1) is 0 Å². The van der Waals surface area contributed by atoms with Crippen molar-refractivity contribution >= 4 is 6.03 Å². The van der Waals surface area contributed by atoms with Gasteiger partial charge in [-0.2, -0.15) is 39.5 Å². The summed E-state index contributed by atoms with van der Waals surface area (Å²) in [6.45, 7) is -1.12. The average molecular weight is 570 g/mol. The number of urea groups is 1. The third-order valence-corrected chi connectivity index (χ3v) is 6.56. The Bertz CT molecular complexity index is 1110. The van der Waals surface area contributed by atoms with Crippen molar-refractivity contribution < 1.29 is 49.0 Å². The molecule has 2 aromatic rings. The molecule has 0 atom stereocenters. The number of hydrogen-bond donors (Lipinski definition) is 1. The van der Waals surface area contributed by atoms with Crippen LogP contribution in [-0.4, -0.2) is 17.5 Å². The van der Waals surface area contributed by atoms with Crippen molar-refractivity contribution in [1.29, 1.82) is 0 Å². The van der Waals surface area contributed by atoms with E-state index in [4.69, 9.17) is 10.5 Å². The smallest absolute Gasteiger partial charge is 0.376 e. The SMILES string of the molecule is NC(=O)N(Cc1cc(C(F)(F)F)cc(C(F)(F)F)c1)Cc1cc(C(F)(F)F)ccc1COCC1CCCCC1. The first-order valence-electron chi connectivity index (χ1n) is 12.1. The summed E-state index contributed by atoms with van der Waals surface area (Å²) in [5.41, 5.74) is 0.808. The van der Waals surface area contributed by atoms with E-state index >= 15 is 0 Å². The van der Waals surface area contributed by atoms with Crippen LogP contribution in [-0.2, 0) is 43.0 Å². The first kappa shape index (κ1) is 30.6. The fourth-order valence-electron chi connectivity index (χ4n) is 4.53. The number of nitrogens with zero attached hydrogens (tertiary/aromatic N) is 1. The number of amides is 2. The molecular formula is C26H27F9N2O2. The van der Waals surface area contributed by atoms with Gasteiger partial charge in [0.2, 0.25) is 0 Å². The zero-order valence-corrected chi connectivity index (χ0v) is 20.6. The van der Waals surface area contributed by atoms with Gasteiger partial charge in [0.1, 0.15) is 0 Å². The van der Waals surface area contributed by atoms with Gasteiger partial charge in [0.05, 0.1) is 23.3 Å². The molecule has 1 saturated carbocycles. The van der Waals surface area contributed by atoms with E-state index in [1.165, 1.54) is 6.07 Å². The Morgan fingerprint density at radius 3 is 1.85 bits per heavy atom. The number of carbonyl (C=O) groups is 1. The average Bonchev–Trinajstić information content (AvgIpc) is 2.83. The molecule has 0 heterocycles. The molecule has 0 bridgehead atoms. The second-order valence-electron chi connectivity index (χ2n) is 9.61. The number of carbonyl (C=O) groups excluding carboxylic acids is 1. The van der Waals surface area contributed by atoms with Crippen LogP contribution in [0.3, 0.4) is 0 Å². The quantitative estimate of drug-likeness (QED) is 0.328. The second-order valence-corrected chi connectivity index (χ2v) is 9.61. The predicted octanol–water partition coefficient (Wildman–Crippen LogP) is 7.92. The van der Waals surface area contributed by atoms with Gasteiger partial charge in [-0.1, -0.05) is 25.3 Å². The molecule has 0 aromatic heterocycles. The van der Waals surface area contributed by atoms with Gasteiger partial charge in [-0.05, 0) is 65.8 Å². The highest BCUT2D eigenvalue weighted by atomic mass is 19.4. The standard InChI is InChI=1S/C26H27F9N2O2/c27-24(28,29)20-7-6-18(15-39-14-16-4-2-1-3-5-16)19(10-20)13-37(23(36)38)12-17-8-21(25(30,31)32)11-22(9-17)26(33,34)35/h6-11,16H,1-5,12-15H2,(H2,36,38). The van der Waals surface area contributed by atoms with E-state index in [2.05, 4.69) is 0 Å². The van der Waals surface area contributed by atoms with Crippen LogP contribution in [0, 0.1) is 5.92 Å². The molecular weight excluding hydrogens is 543 g/mol. The largest absolute Gasteiger partial charge is 0.416 e. The monoisotopic (exact) mass is 570 g/mol. The van der Waals surface area contributed by atoms with Crippen LogP contribution in [0.5, 0.6) is 0 Å². The molecule has 0 saturated heterocycles. The molecule has 3 rings (SSSR count). The lowest BCUT2D eigenvalue weighted by Gasteiger charge is -2.25. The van der Waals surface area contributed by atoms with E-state index in [9.17, 15) is 44.3 Å². The molecule has 0 spiro atoms. The molecule has 13 heteroatoms. The van der Waals surface area contributed by atoms with Crippen LogP contribution >= 0.6 is 0 Å². The lowest BCUT2D eigenvalue weighted by molar-refractivity contribution is -0.143. The van der Waals surface area contributed by atoms with Crippen molar-refractivity contribution in [3.05, 3.63) is 69.8 Å². The maximum Gasteiger partial charge on any atom is 0.416 e. The Hall–Kier alpha value is -2.96. The molecule has 216 valence electrons. The summed E-state index contributed by atoms with van der Waals surface area (Å²) >= 11 is 0. The molecule has 1 fully saturated rings. The van der Waals surface area contributed by atoms with E-state index in [0.29, 0.717) is 29.6 Å². The lowest BCUT2D eigenvalue weighted by atomic mass is 9.90. The lowest BCUT2D eigenvalue weighted by Crippen LogP contribution is -2.35. The zero-order valence-electron chi connectivity index (χ0n) is 20.6. The molecule has 0 aliphatic heterocycles. The molecule has 2 aromatic carbocycles. The normalized spacial score (nSPS) is 15.4. The fourth-order valence-corrected chi connectivity index (χ4v) is 4.53. The number of rotatable bonds is 8. The second kappa shape index (κ2) is 12.1. The van der Waals surface area contributed by atoms with Gasteiger partial charge in [0.15, 0.2) is 0 Å². The van der Waals surface area contributed by atoms with Crippen LogP contribution in [0.4, 0.5) is 44.3 Å². The molecule has 2 amide bonds. The van der Waals surface area contributed by atoms with Gasteiger partial charge in [0.25, 0.3) is 0 Å². The maximum absolute atomic E-state index is 13.4. The summed E-state index contributed by atoms with van der Waals surface area (Å²) in [6, 6.07) is 2.34. The highest BCUT2D eigenvalue weighted by Gasteiger charge is 2.37. The van der Waals surface area contributed by atoms with Crippen LogP contribution in [0.25, 0.3) is 0 Å². The van der Waals surface area contributed by atoms with Gasteiger partial charge in [-0.3, -0.25) is 0 Å². The van der Waals surface area contributed by atoms with Gasteiger partial charge in [0, 0.05) is 19.7 Å². The minimum absolute atomic E-state index is 0.0460. The van der Waals surface area contributed by atoms with Crippen LogP contribution in [0.2, 0.25) is 0 Å². The number of primary amides is 1. The summed E-state index contributed by atoms with van der Waals surface area (Å²) in [7, 11) is 0. The molecule has 4 nitrogen and oxygen atoms in total. The topological polar surface area (TPSA) is 55.6 Å². The Morgan fingerprint density at radius 2 is 1.33 bits per heavy atom. The Kier molecular flexibility index (Phi) is 9.45. The summed E-state index contributed by atoms with van der Waals surface area (Å²) in [4.78, 5) is 12.8. The van der Waals surface area contributed by atoms with Crippen LogP contribution in [0.1, 0.15) is 65.5 Å². The van der Waals surface area contributed by atoms with Gasteiger partial charge in [-0.25, -0.2) is 4.79 Å². The Labute approximate surface area is 218 Å². The van der Waals surface area contributed by atoms with Crippen molar-refractivity contribution in [2.45, 2.75) is 70.3 Å². The zero-order chi connectivity index (χ0) is 29.0. The van der Waals surface area contributed by atoms with Crippen LogP contribution < -0.4 is 5.73 Å².